The Balaban J connectivity index is 2.90. The third-order valence-corrected chi connectivity index (χ3v) is 4.42. The number of hydrogen-bond acceptors (Lipinski definition) is 5. The van der Waals surface area contributed by atoms with Gasteiger partial charge < -0.3 is 10.2 Å². The molecule has 0 heterocycles. The van der Waals surface area contributed by atoms with Crippen molar-refractivity contribution in [3.63, 3.8) is 0 Å². The maximum absolute atomic E-state index is 11.1. The van der Waals surface area contributed by atoms with Gasteiger partial charge in [0.2, 0.25) is 0 Å². The van der Waals surface area contributed by atoms with Crippen LogP contribution in [-0.4, -0.2) is 28.4 Å². The lowest BCUT2D eigenvalue weighted by molar-refractivity contribution is -0.232. The number of benzene rings is 1. The molecule has 6 heteroatoms. The summed E-state index contributed by atoms with van der Waals surface area (Å²) in [5.41, 5.74) is 2.85. The van der Waals surface area contributed by atoms with E-state index in [1.807, 2.05) is 19.9 Å². The van der Waals surface area contributed by atoms with Crippen molar-refractivity contribution >= 4 is 17.9 Å². The zero-order valence-corrected chi connectivity index (χ0v) is 14.9. The molecule has 0 fully saturated rings. The fourth-order valence-corrected chi connectivity index (χ4v) is 2.49. The molecule has 0 atom stereocenters. The molecule has 1 rings (SSSR count). The fraction of sp³-hybridized carbons (Fsp3) is 0.389. The van der Waals surface area contributed by atoms with Gasteiger partial charge in [0.1, 0.15) is 18.1 Å². The van der Waals surface area contributed by atoms with Crippen LogP contribution in [0.15, 0.2) is 23.3 Å². The van der Waals surface area contributed by atoms with Gasteiger partial charge in [-0.3, -0.25) is 10.1 Å². The molecule has 0 spiro atoms. The zero-order chi connectivity index (χ0) is 18.3. The second kappa shape index (κ2) is 9.47. The summed E-state index contributed by atoms with van der Waals surface area (Å²) in [7, 11) is 0. The summed E-state index contributed by atoms with van der Waals surface area (Å²) < 4.78 is 0. The summed E-state index contributed by atoms with van der Waals surface area (Å²) in [6.45, 7) is 5.62. The van der Waals surface area contributed by atoms with E-state index < -0.39 is 0 Å². The number of aromatic hydroxyl groups is 2. The van der Waals surface area contributed by atoms with Crippen molar-refractivity contribution in [1.29, 1.82) is 0 Å². The molecule has 0 saturated carbocycles. The van der Waals surface area contributed by atoms with E-state index in [9.17, 15) is 15.0 Å². The monoisotopic (exact) mass is 354 g/mol. The van der Waals surface area contributed by atoms with Crippen molar-refractivity contribution in [3.05, 3.63) is 45.0 Å². The van der Waals surface area contributed by atoms with E-state index in [4.69, 9.17) is 16.9 Å². The highest BCUT2D eigenvalue weighted by Gasteiger charge is 2.19. The van der Waals surface area contributed by atoms with Crippen molar-refractivity contribution in [2.45, 2.75) is 40.0 Å². The molecular formula is C18H23ClO5. The molecule has 5 nitrogen and oxygen atoms in total. The van der Waals surface area contributed by atoms with Crippen molar-refractivity contribution in [3.8, 4) is 11.5 Å². The van der Waals surface area contributed by atoms with Gasteiger partial charge in [0, 0.05) is 5.56 Å². The second-order valence-electron chi connectivity index (χ2n) is 5.75. The predicted octanol–water partition coefficient (Wildman–Crippen LogP) is 4.58. The number of rotatable bonds is 8. The molecular weight excluding hydrogens is 332 g/mol. The van der Waals surface area contributed by atoms with Crippen LogP contribution in [0.2, 0.25) is 5.02 Å². The van der Waals surface area contributed by atoms with Gasteiger partial charge in [0.15, 0.2) is 6.29 Å². The summed E-state index contributed by atoms with van der Waals surface area (Å²) in [4.78, 5) is 15.1. The van der Waals surface area contributed by atoms with Gasteiger partial charge in [-0.25, -0.2) is 4.89 Å². The number of phenolic OH excluding ortho intramolecular Hbond substituents is 2. The summed E-state index contributed by atoms with van der Waals surface area (Å²) in [6.07, 6.45) is 6.07. The van der Waals surface area contributed by atoms with Crippen LogP contribution in [0.1, 0.15) is 48.2 Å². The topological polar surface area (TPSA) is 87.0 Å². The Morgan fingerprint density at radius 2 is 1.71 bits per heavy atom. The molecule has 132 valence electrons. The first-order chi connectivity index (χ1) is 11.3. The Morgan fingerprint density at radius 3 is 2.25 bits per heavy atom. The molecule has 3 N–H and O–H groups in total. The molecule has 0 aliphatic carbocycles. The Labute approximate surface area is 146 Å². The standard InChI is InChI=1S/C18H23ClO5/c1-11(4-5-12(2)8-9-24-23)6-7-14-17(21)15(10-20)13(3)16(19)18(14)22/h6,8,10,21-23H,4-5,7,9H2,1-3H3/b11-6+,12-8+. The first kappa shape index (κ1) is 20.2. The Kier molecular flexibility index (Phi) is 7.98. The molecule has 1 aromatic rings. The number of carbonyl (C=O) groups excluding carboxylic acids is 1. The van der Waals surface area contributed by atoms with Crippen molar-refractivity contribution in [1.82, 2.24) is 0 Å². The normalized spacial score (nSPS) is 12.5. The van der Waals surface area contributed by atoms with Crippen molar-refractivity contribution < 1.29 is 25.2 Å². The number of carbonyl (C=O) groups is 1. The van der Waals surface area contributed by atoms with Crippen LogP contribution in [0.25, 0.3) is 0 Å². The number of halogens is 1. The zero-order valence-electron chi connectivity index (χ0n) is 14.1. The molecule has 1 aromatic carbocycles. The van der Waals surface area contributed by atoms with Crippen LogP contribution in [0, 0.1) is 6.92 Å². The highest BCUT2D eigenvalue weighted by atomic mass is 35.5. The van der Waals surface area contributed by atoms with E-state index >= 15 is 0 Å². The van der Waals surface area contributed by atoms with E-state index in [-0.39, 0.29) is 40.7 Å². The van der Waals surface area contributed by atoms with E-state index in [0.29, 0.717) is 11.8 Å². The third-order valence-electron chi connectivity index (χ3n) is 3.96. The largest absolute Gasteiger partial charge is 0.507 e. The fourth-order valence-electron chi connectivity index (χ4n) is 2.27. The van der Waals surface area contributed by atoms with Gasteiger partial charge in [0.05, 0.1) is 10.6 Å². The number of hydrogen-bond donors (Lipinski definition) is 3. The van der Waals surface area contributed by atoms with Gasteiger partial charge >= 0.3 is 0 Å². The van der Waals surface area contributed by atoms with Crippen molar-refractivity contribution in [2.75, 3.05) is 6.61 Å². The Bertz CT molecular complexity index is 662. The minimum absolute atomic E-state index is 0.0822. The van der Waals surface area contributed by atoms with Crippen LogP contribution < -0.4 is 0 Å². The summed E-state index contributed by atoms with van der Waals surface area (Å²) in [6, 6.07) is 0. The maximum atomic E-state index is 11.1. The first-order valence-electron chi connectivity index (χ1n) is 7.59. The average molecular weight is 355 g/mol. The van der Waals surface area contributed by atoms with Gasteiger partial charge in [0.25, 0.3) is 0 Å². The average Bonchev–Trinajstić information content (AvgIpc) is 2.56. The maximum Gasteiger partial charge on any atom is 0.154 e. The summed E-state index contributed by atoms with van der Waals surface area (Å²) in [5.74, 6) is -0.429. The van der Waals surface area contributed by atoms with E-state index in [0.717, 1.165) is 24.0 Å². The summed E-state index contributed by atoms with van der Waals surface area (Å²) >= 11 is 6.02. The van der Waals surface area contributed by atoms with E-state index in [1.165, 1.54) is 0 Å². The van der Waals surface area contributed by atoms with Crippen LogP contribution in [0.5, 0.6) is 11.5 Å². The lowest BCUT2D eigenvalue weighted by Gasteiger charge is -2.13. The molecule has 0 saturated heterocycles. The smallest absolute Gasteiger partial charge is 0.154 e. The Morgan fingerprint density at radius 1 is 1.12 bits per heavy atom. The van der Waals surface area contributed by atoms with Crippen LogP contribution in [0.3, 0.4) is 0 Å². The van der Waals surface area contributed by atoms with Crippen molar-refractivity contribution in [2.24, 2.45) is 0 Å². The quantitative estimate of drug-likeness (QED) is 0.275. The number of aldehydes is 1. The molecule has 0 radical (unpaired) electrons. The van der Waals surface area contributed by atoms with Crippen LogP contribution in [0.4, 0.5) is 0 Å². The molecule has 0 unspecified atom stereocenters. The SMILES string of the molecule is C/C(=C\COO)CC/C(C)=C/Cc1c(O)c(Cl)c(C)c(C=O)c1O. The lowest BCUT2D eigenvalue weighted by Crippen LogP contribution is -1.96. The molecule has 0 aliphatic rings. The second-order valence-corrected chi connectivity index (χ2v) is 6.13. The highest BCUT2D eigenvalue weighted by Crippen LogP contribution is 2.40. The molecule has 0 bridgehead atoms. The third kappa shape index (κ3) is 5.09. The van der Waals surface area contributed by atoms with Gasteiger partial charge in [-0.15, -0.1) is 0 Å². The lowest BCUT2D eigenvalue weighted by atomic mass is 9.98. The summed E-state index contributed by atoms with van der Waals surface area (Å²) in [5, 5.41) is 28.7. The van der Waals surface area contributed by atoms with E-state index in [2.05, 4.69) is 4.89 Å². The van der Waals surface area contributed by atoms with Crippen LogP contribution >= 0.6 is 11.6 Å². The molecule has 24 heavy (non-hydrogen) atoms. The van der Waals surface area contributed by atoms with Gasteiger partial charge in [-0.2, -0.15) is 0 Å². The van der Waals surface area contributed by atoms with Crippen LogP contribution in [-0.2, 0) is 11.3 Å². The highest BCUT2D eigenvalue weighted by molar-refractivity contribution is 6.33. The molecule has 0 aromatic heterocycles. The minimum Gasteiger partial charge on any atom is -0.507 e. The minimum atomic E-state index is -0.232. The number of phenols is 2. The van der Waals surface area contributed by atoms with Gasteiger partial charge in [-0.1, -0.05) is 34.9 Å². The molecule has 0 amide bonds. The molecule has 0 aliphatic heterocycles. The predicted molar refractivity (Wildman–Crippen MR) is 93.9 cm³/mol. The number of allylic oxidation sites excluding steroid dienone is 3. The Hall–Kier alpha value is -1.82. The van der Waals surface area contributed by atoms with Gasteiger partial charge in [-0.05, 0) is 45.6 Å². The van der Waals surface area contributed by atoms with E-state index in [1.54, 1.807) is 13.0 Å². The first-order valence-corrected chi connectivity index (χ1v) is 7.96.